The summed E-state index contributed by atoms with van der Waals surface area (Å²) in [6.07, 6.45) is 2.18. The summed E-state index contributed by atoms with van der Waals surface area (Å²) in [5.41, 5.74) is 0.243. The number of Topliss-reactive ketones (excluding diaryl/α,β-unsaturated/α-hetero) is 1. The predicted molar refractivity (Wildman–Crippen MR) is 69.2 cm³/mol. The van der Waals surface area contributed by atoms with Crippen LogP contribution in [0.1, 0.15) is 49.5 Å². The molecule has 1 aromatic carbocycles. The summed E-state index contributed by atoms with van der Waals surface area (Å²) in [6, 6.07) is 1.13. The molecule has 18 heavy (non-hydrogen) atoms. The van der Waals surface area contributed by atoms with Crippen LogP contribution in [0.15, 0.2) is 6.07 Å². The van der Waals surface area contributed by atoms with Gasteiger partial charge in [0.2, 0.25) is 0 Å². The summed E-state index contributed by atoms with van der Waals surface area (Å²) < 4.78 is 0. The Kier molecular flexibility index (Phi) is 4.59. The molecule has 1 aromatic rings. The molecular formula is C14H20O4. The smallest absolute Gasteiger partial charge is 0.172 e. The molecule has 4 nitrogen and oxygen atoms in total. The molecule has 0 atom stereocenters. The van der Waals surface area contributed by atoms with Crippen LogP contribution in [-0.2, 0) is 6.42 Å². The molecule has 0 fully saturated rings. The van der Waals surface area contributed by atoms with E-state index in [-0.39, 0.29) is 34.5 Å². The fourth-order valence-corrected chi connectivity index (χ4v) is 1.81. The summed E-state index contributed by atoms with van der Waals surface area (Å²) in [5.74, 6) is -1.49. The summed E-state index contributed by atoms with van der Waals surface area (Å²) in [6.45, 7) is 5.38. The Hall–Kier alpha value is -1.71. The van der Waals surface area contributed by atoms with Crippen molar-refractivity contribution in [2.24, 2.45) is 5.92 Å². The van der Waals surface area contributed by atoms with E-state index < -0.39 is 0 Å². The molecule has 0 unspecified atom stereocenters. The van der Waals surface area contributed by atoms with Crippen molar-refractivity contribution >= 4 is 5.78 Å². The minimum Gasteiger partial charge on any atom is -0.507 e. The number of phenols is 3. The Morgan fingerprint density at radius 1 is 1.22 bits per heavy atom. The highest BCUT2D eigenvalue weighted by atomic mass is 16.3. The molecule has 0 spiro atoms. The number of phenolic OH excluding ortho intramolecular Hbond substituents is 3. The van der Waals surface area contributed by atoms with Gasteiger partial charge in [-0.25, -0.2) is 0 Å². The van der Waals surface area contributed by atoms with Crippen LogP contribution in [0.2, 0.25) is 0 Å². The van der Waals surface area contributed by atoms with E-state index in [9.17, 15) is 20.1 Å². The van der Waals surface area contributed by atoms with Gasteiger partial charge in [-0.3, -0.25) is 4.79 Å². The van der Waals surface area contributed by atoms with E-state index in [1.165, 1.54) is 0 Å². The molecule has 0 aromatic heterocycles. The van der Waals surface area contributed by atoms with E-state index in [4.69, 9.17) is 0 Å². The Bertz CT molecular complexity index is 450. The molecule has 0 aliphatic carbocycles. The summed E-state index contributed by atoms with van der Waals surface area (Å²) in [4.78, 5) is 11.9. The predicted octanol–water partition coefficient (Wildman–Crippen LogP) is 2.98. The number of hydrogen-bond donors (Lipinski definition) is 3. The van der Waals surface area contributed by atoms with Gasteiger partial charge in [0.05, 0.1) is 0 Å². The van der Waals surface area contributed by atoms with Crippen molar-refractivity contribution in [3.63, 3.8) is 0 Å². The maximum atomic E-state index is 11.9. The zero-order valence-corrected chi connectivity index (χ0v) is 11.0. The van der Waals surface area contributed by atoms with Crippen molar-refractivity contribution in [1.29, 1.82) is 0 Å². The van der Waals surface area contributed by atoms with E-state index >= 15 is 0 Å². The van der Waals surface area contributed by atoms with Crippen molar-refractivity contribution in [2.45, 2.75) is 40.0 Å². The molecule has 0 amide bonds. The molecule has 0 aliphatic rings. The number of benzene rings is 1. The van der Waals surface area contributed by atoms with Crippen LogP contribution in [0, 0.1) is 5.92 Å². The quantitative estimate of drug-likeness (QED) is 0.704. The van der Waals surface area contributed by atoms with Crippen molar-refractivity contribution in [3.8, 4) is 17.2 Å². The maximum absolute atomic E-state index is 11.9. The third-order valence-electron chi connectivity index (χ3n) is 2.91. The molecular weight excluding hydrogens is 232 g/mol. The number of unbranched alkanes of at least 4 members (excludes halogenated alkanes) is 1. The minimum absolute atomic E-state index is 0.0890. The lowest BCUT2D eigenvalue weighted by molar-refractivity contribution is 0.0933. The van der Waals surface area contributed by atoms with E-state index in [1.54, 1.807) is 13.8 Å². The van der Waals surface area contributed by atoms with Gasteiger partial charge in [-0.2, -0.15) is 0 Å². The van der Waals surface area contributed by atoms with Gasteiger partial charge >= 0.3 is 0 Å². The Balaban J connectivity index is 3.30. The SMILES string of the molecule is CCCCc1c(O)cc(O)c(C(=O)C(C)C)c1O. The molecule has 100 valence electrons. The van der Waals surface area contributed by atoms with Gasteiger partial charge in [0.25, 0.3) is 0 Å². The van der Waals surface area contributed by atoms with Crippen molar-refractivity contribution in [1.82, 2.24) is 0 Å². The first-order chi connectivity index (χ1) is 8.40. The number of rotatable bonds is 5. The third-order valence-corrected chi connectivity index (χ3v) is 2.91. The van der Waals surface area contributed by atoms with Gasteiger partial charge in [0.1, 0.15) is 22.8 Å². The van der Waals surface area contributed by atoms with Crippen LogP contribution in [0.5, 0.6) is 17.2 Å². The van der Waals surface area contributed by atoms with Crippen LogP contribution in [0.4, 0.5) is 0 Å². The highest BCUT2D eigenvalue weighted by Crippen LogP contribution is 2.39. The Morgan fingerprint density at radius 2 is 1.83 bits per heavy atom. The lowest BCUT2D eigenvalue weighted by atomic mass is 9.94. The first-order valence-corrected chi connectivity index (χ1v) is 6.21. The van der Waals surface area contributed by atoms with Crippen molar-refractivity contribution in [2.75, 3.05) is 0 Å². The summed E-state index contributed by atoms with van der Waals surface area (Å²) in [5, 5.41) is 29.5. The largest absolute Gasteiger partial charge is 0.507 e. The van der Waals surface area contributed by atoms with Crippen LogP contribution in [-0.4, -0.2) is 21.1 Å². The van der Waals surface area contributed by atoms with E-state index in [0.717, 1.165) is 18.9 Å². The highest BCUT2D eigenvalue weighted by molar-refractivity contribution is 6.03. The fourth-order valence-electron chi connectivity index (χ4n) is 1.81. The molecule has 0 heterocycles. The maximum Gasteiger partial charge on any atom is 0.172 e. The summed E-state index contributed by atoms with van der Waals surface area (Å²) in [7, 11) is 0. The summed E-state index contributed by atoms with van der Waals surface area (Å²) >= 11 is 0. The average molecular weight is 252 g/mol. The highest BCUT2D eigenvalue weighted by Gasteiger charge is 2.23. The Morgan fingerprint density at radius 3 is 2.33 bits per heavy atom. The van der Waals surface area contributed by atoms with E-state index in [2.05, 4.69) is 0 Å². The molecule has 3 N–H and O–H groups in total. The third kappa shape index (κ3) is 2.75. The first-order valence-electron chi connectivity index (χ1n) is 6.21. The average Bonchev–Trinajstić information content (AvgIpc) is 2.28. The van der Waals surface area contributed by atoms with Crippen LogP contribution in [0.25, 0.3) is 0 Å². The number of carbonyl (C=O) groups excluding carboxylic acids is 1. The van der Waals surface area contributed by atoms with Crippen molar-refractivity contribution < 1.29 is 20.1 Å². The van der Waals surface area contributed by atoms with Gasteiger partial charge in [-0.05, 0) is 12.8 Å². The van der Waals surface area contributed by atoms with Crippen LogP contribution >= 0.6 is 0 Å². The zero-order chi connectivity index (χ0) is 13.9. The standard InChI is InChI=1S/C14H20O4/c1-4-5-6-9-10(15)7-11(16)12(14(9)18)13(17)8(2)3/h7-8,15-16,18H,4-6H2,1-3H3. The topological polar surface area (TPSA) is 77.8 Å². The Labute approximate surface area is 107 Å². The number of ketones is 1. The van der Waals surface area contributed by atoms with E-state index in [1.807, 2.05) is 6.92 Å². The molecule has 0 saturated heterocycles. The second-order valence-electron chi connectivity index (χ2n) is 4.74. The number of hydrogen-bond acceptors (Lipinski definition) is 4. The molecule has 0 aliphatic heterocycles. The van der Waals surface area contributed by atoms with Gasteiger partial charge in [-0.1, -0.05) is 27.2 Å². The van der Waals surface area contributed by atoms with Crippen LogP contribution < -0.4 is 0 Å². The minimum atomic E-state index is -0.371. The number of aromatic hydroxyl groups is 3. The number of carbonyl (C=O) groups is 1. The molecule has 0 bridgehead atoms. The van der Waals surface area contributed by atoms with Crippen molar-refractivity contribution in [3.05, 3.63) is 17.2 Å². The second-order valence-corrected chi connectivity index (χ2v) is 4.74. The second kappa shape index (κ2) is 5.76. The van der Waals surface area contributed by atoms with Crippen LogP contribution in [0.3, 0.4) is 0 Å². The molecule has 1 rings (SSSR count). The lowest BCUT2D eigenvalue weighted by Crippen LogP contribution is -2.09. The van der Waals surface area contributed by atoms with Gasteiger partial charge in [-0.15, -0.1) is 0 Å². The van der Waals surface area contributed by atoms with Gasteiger partial charge in [0, 0.05) is 17.5 Å². The molecule has 4 heteroatoms. The normalized spacial score (nSPS) is 10.9. The first kappa shape index (κ1) is 14.4. The van der Waals surface area contributed by atoms with Gasteiger partial charge in [0.15, 0.2) is 5.78 Å². The zero-order valence-electron chi connectivity index (χ0n) is 11.0. The molecule has 0 radical (unpaired) electrons. The lowest BCUT2D eigenvalue weighted by Gasteiger charge is -2.14. The fraction of sp³-hybridized carbons (Fsp3) is 0.500. The van der Waals surface area contributed by atoms with Gasteiger partial charge < -0.3 is 15.3 Å². The van der Waals surface area contributed by atoms with E-state index in [0.29, 0.717) is 12.0 Å². The monoisotopic (exact) mass is 252 g/mol. The molecule has 0 saturated carbocycles.